The molecule has 0 spiro atoms. The molecule has 72 valence electrons. The lowest BCUT2D eigenvalue weighted by atomic mass is 10.4. The molecular formula is C8H12N2O2S. The second-order valence-corrected chi connectivity index (χ2v) is 3.56. The number of rotatable bonds is 4. The largest absolute Gasteiger partial charge is 0.383 e. The van der Waals surface area contributed by atoms with E-state index in [-0.39, 0.29) is 5.91 Å². The van der Waals surface area contributed by atoms with Gasteiger partial charge in [0.25, 0.3) is 5.91 Å². The van der Waals surface area contributed by atoms with Crippen LogP contribution in [0.5, 0.6) is 0 Å². The van der Waals surface area contributed by atoms with E-state index in [0.29, 0.717) is 18.8 Å². The van der Waals surface area contributed by atoms with E-state index >= 15 is 0 Å². The van der Waals surface area contributed by atoms with Gasteiger partial charge in [0, 0.05) is 19.0 Å². The number of amides is 1. The molecule has 0 unspecified atom stereocenters. The summed E-state index contributed by atoms with van der Waals surface area (Å²) in [5.41, 5.74) is 0.485. The molecule has 0 saturated carbocycles. The third kappa shape index (κ3) is 3.12. The minimum atomic E-state index is -0.138. The molecule has 0 aliphatic rings. The van der Waals surface area contributed by atoms with Crippen LogP contribution in [0.2, 0.25) is 0 Å². The van der Waals surface area contributed by atoms with Gasteiger partial charge in [-0.05, 0) is 6.92 Å². The van der Waals surface area contributed by atoms with Crippen molar-refractivity contribution in [3.8, 4) is 0 Å². The van der Waals surface area contributed by atoms with E-state index < -0.39 is 0 Å². The predicted octanol–water partition coefficient (Wildman–Crippen LogP) is 0.828. The molecule has 0 bridgehead atoms. The van der Waals surface area contributed by atoms with Crippen LogP contribution in [-0.2, 0) is 4.74 Å². The molecule has 0 aromatic carbocycles. The maximum atomic E-state index is 11.3. The molecule has 0 aliphatic carbocycles. The zero-order chi connectivity index (χ0) is 9.68. The fraction of sp³-hybridized carbons (Fsp3) is 0.500. The molecule has 0 radical (unpaired) electrons. The monoisotopic (exact) mass is 200 g/mol. The van der Waals surface area contributed by atoms with Crippen LogP contribution in [0.15, 0.2) is 5.38 Å². The average Bonchev–Trinajstić information content (AvgIpc) is 2.52. The molecule has 1 rings (SSSR count). The molecule has 4 nitrogen and oxygen atoms in total. The third-order valence-electron chi connectivity index (χ3n) is 1.44. The van der Waals surface area contributed by atoms with Gasteiger partial charge in [-0.15, -0.1) is 11.3 Å². The molecule has 0 atom stereocenters. The van der Waals surface area contributed by atoms with Gasteiger partial charge in [0.1, 0.15) is 5.69 Å². The first-order chi connectivity index (χ1) is 6.24. The normalized spacial score (nSPS) is 10.0. The van der Waals surface area contributed by atoms with Crippen LogP contribution in [-0.4, -0.2) is 31.2 Å². The summed E-state index contributed by atoms with van der Waals surface area (Å²) in [6, 6.07) is 0. The third-order valence-corrected chi connectivity index (χ3v) is 2.22. The van der Waals surface area contributed by atoms with Crippen LogP contribution >= 0.6 is 11.3 Å². The number of aromatic nitrogens is 1. The van der Waals surface area contributed by atoms with Crippen LogP contribution in [0.1, 0.15) is 15.5 Å². The van der Waals surface area contributed by atoms with Gasteiger partial charge in [-0.1, -0.05) is 0 Å². The van der Waals surface area contributed by atoms with E-state index in [1.54, 1.807) is 12.5 Å². The van der Waals surface area contributed by atoms with Crippen molar-refractivity contribution in [2.24, 2.45) is 0 Å². The lowest BCUT2D eigenvalue weighted by Gasteiger charge is -2.00. The highest BCUT2D eigenvalue weighted by atomic mass is 32.1. The smallest absolute Gasteiger partial charge is 0.270 e. The van der Waals surface area contributed by atoms with Gasteiger partial charge in [-0.25, -0.2) is 4.98 Å². The quantitative estimate of drug-likeness (QED) is 0.732. The zero-order valence-corrected chi connectivity index (χ0v) is 8.48. The van der Waals surface area contributed by atoms with Gasteiger partial charge >= 0.3 is 0 Å². The van der Waals surface area contributed by atoms with Crippen molar-refractivity contribution in [3.63, 3.8) is 0 Å². The number of methoxy groups -OCH3 is 1. The summed E-state index contributed by atoms with van der Waals surface area (Å²) in [5.74, 6) is -0.138. The van der Waals surface area contributed by atoms with Crippen molar-refractivity contribution in [1.82, 2.24) is 10.3 Å². The highest BCUT2D eigenvalue weighted by molar-refractivity contribution is 7.09. The maximum Gasteiger partial charge on any atom is 0.270 e. The molecule has 5 heteroatoms. The molecule has 1 aromatic rings. The minimum absolute atomic E-state index is 0.138. The maximum absolute atomic E-state index is 11.3. The molecule has 1 aromatic heterocycles. The first-order valence-electron chi connectivity index (χ1n) is 3.93. The number of nitrogens with one attached hydrogen (secondary N) is 1. The molecule has 0 fully saturated rings. The summed E-state index contributed by atoms with van der Waals surface area (Å²) in [5, 5.41) is 5.34. The lowest BCUT2D eigenvalue weighted by molar-refractivity contribution is 0.0932. The molecule has 1 amide bonds. The summed E-state index contributed by atoms with van der Waals surface area (Å²) in [7, 11) is 1.60. The number of carbonyl (C=O) groups excluding carboxylic acids is 1. The van der Waals surface area contributed by atoms with Gasteiger partial charge in [-0.3, -0.25) is 4.79 Å². The van der Waals surface area contributed by atoms with Crippen molar-refractivity contribution in [3.05, 3.63) is 16.1 Å². The Bertz CT molecular complexity index is 285. The van der Waals surface area contributed by atoms with E-state index in [4.69, 9.17) is 4.74 Å². The van der Waals surface area contributed by atoms with E-state index in [1.807, 2.05) is 6.92 Å². The van der Waals surface area contributed by atoms with Crippen molar-refractivity contribution in [2.45, 2.75) is 6.92 Å². The van der Waals surface area contributed by atoms with Crippen LogP contribution in [0.25, 0.3) is 0 Å². The van der Waals surface area contributed by atoms with Gasteiger partial charge in [-0.2, -0.15) is 0 Å². The molecule has 1 heterocycles. The summed E-state index contributed by atoms with van der Waals surface area (Å²) >= 11 is 1.47. The number of hydrogen-bond acceptors (Lipinski definition) is 4. The number of hydrogen-bond donors (Lipinski definition) is 1. The van der Waals surface area contributed by atoms with Crippen molar-refractivity contribution in [1.29, 1.82) is 0 Å². The number of thiazole rings is 1. The molecule has 13 heavy (non-hydrogen) atoms. The van der Waals surface area contributed by atoms with Crippen molar-refractivity contribution in [2.75, 3.05) is 20.3 Å². The van der Waals surface area contributed by atoms with Gasteiger partial charge in [0.05, 0.1) is 11.6 Å². The Morgan fingerprint density at radius 3 is 3.08 bits per heavy atom. The average molecular weight is 200 g/mol. The number of carbonyl (C=O) groups is 1. The Morgan fingerprint density at radius 1 is 1.77 bits per heavy atom. The Morgan fingerprint density at radius 2 is 2.54 bits per heavy atom. The summed E-state index contributed by atoms with van der Waals surface area (Å²) in [4.78, 5) is 15.4. The Hall–Kier alpha value is -0.940. The SMILES string of the molecule is COCCNC(=O)c1csc(C)n1. The summed E-state index contributed by atoms with van der Waals surface area (Å²) in [6.07, 6.45) is 0. The van der Waals surface area contributed by atoms with E-state index in [9.17, 15) is 4.79 Å². The fourth-order valence-electron chi connectivity index (χ4n) is 0.825. The number of ether oxygens (including phenoxy) is 1. The highest BCUT2D eigenvalue weighted by Gasteiger charge is 2.07. The van der Waals surface area contributed by atoms with Crippen LogP contribution < -0.4 is 5.32 Å². The molecule has 0 saturated heterocycles. The standard InChI is InChI=1S/C8H12N2O2S/c1-6-10-7(5-13-6)8(11)9-3-4-12-2/h5H,3-4H2,1-2H3,(H,9,11). The molecular weight excluding hydrogens is 188 g/mol. The van der Waals surface area contributed by atoms with Crippen LogP contribution in [0.4, 0.5) is 0 Å². The van der Waals surface area contributed by atoms with Gasteiger partial charge < -0.3 is 10.1 Å². The van der Waals surface area contributed by atoms with Gasteiger partial charge in [0.15, 0.2) is 0 Å². The van der Waals surface area contributed by atoms with Crippen molar-refractivity contribution >= 4 is 17.2 Å². The predicted molar refractivity (Wildman–Crippen MR) is 51.1 cm³/mol. The van der Waals surface area contributed by atoms with Gasteiger partial charge in [0.2, 0.25) is 0 Å². The zero-order valence-electron chi connectivity index (χ0n) is 7.66. The highest BCUT2D eigenvalue weighted by Crippen LogP contribution is 2.07. The van der Waals surface area contributed by atoms with E-state index in [2.05, 4.69) is 10.3 Å². The van der Waals surface area contributed by atoms with Crippen molar-refractivity contribution < 1.29 is 9.53 Å². The van der Waals surface area contributed by atoms with Crippen LogP contribution in [0, 0.1) is 6.92 Å². The topological polar surface area (TPSA) is 51.2 Å². The lowest BCUT2D eigenvalue weighted by Crippen LogP contribution is -2.27. The Kier molecular flexibility index (Phi) is 3.85. The Balaban J connectivity index is 2.40. The summed E-state index contributed by atoms with van der Waals surface area (Å²) < 4.78 is 4.80. The number of aryl methyl sites for hydroxylation is 1. The Labute approximate surface area is 80.9 Å². The minimum Gasteiger partial charge on any atom is -0.383 e. The first kappa shape index (κ1) is 10.1. The van der Waals surface area contributed by atoms with E-state index in [0.717, 1.165) is 5.01 Å². The molecule has 0 aliphatic heterocycles. The second-order valence-electron chi connectivity index (χ2n) is 2.50. The van der Waals surface area contributed by atoms with E-state index in [1.165, 1.54) is 11.3 Å². The second kappa shape index (κ2) is 4.94. The fourth-order valence-corrected chi connectivity index (χ4v) is 1.42. The van der Waals surface area contributed by atoms with Crippen LogP contribution in [0.3, 0.4) is 0 Å². The summed E-state index contributed by atoms with van der Waals surface area (Å²) in [6.45, 7) is 2.91. The molecule has 1 N–H and O–H groups in total. The number of nitrogens with zero attached hydrogens (tertiary/aromatic N) is 1. The first-order valence-corrected chi connectivity index (χ1v) is 4.81.